The van der Waals surface area contributed by atoms with E-state index in [2.05, 4.69) is 0 Å². The summed E-state index contributed by atoms with van der Waals surface area (Å²) in [6, 6.07) is 6.49. The van der Waals surface area contributed by atoms with E-state index in [1.807, 2.05) is 0 Å². The van der Waals surface area contributed by atoms with Crippen molar-refractivity contribution < 1.29 is 14.3 Å². The number of hydrogen-bond donors (Lipinski definition) is 1. The Kier molecular flexibility index (Phi) is 2.89. The number of alkyl halides is 1. The highest BCUT2D eigenvalue weighted by atomic mass is 19.1. The summed E-state index contributed by atoms with van der Waals surface area (Å²) >= 11 is 0. The number of halogens is 1. The molecule has 1 aromatic carbocycles. The molecule has 14 heavy (non-hydrogen) atoms. The maximum absolute atomic E-state index is 13.3. The summed E-state index contributed by atoms with van der Waals surface area (Å²) in [4.78, 5) is 10.8. The Bertz CT molecular complexity index is 339. The van der Waals surface area contributed by atoms with Crippen LogP contribution in [0.5, 0.6) is 0 Å². The Labute approximate surface area is 82.4 Å². The number of benzene rings is 1. The third kappa shape index (κ3) is 2.83. The number of rotatable bonds is 3. The zero-order valence-corrected chi connectivity index (χ0v) is 8.25. The fourth-order valence-corrected chi connectivity index (χ4v) is 1.34. The zero-order chi connectivity index (χ0) is 10.8. The fraction of sp³-hybridized carbons (Fsp3) is 0.364. The Morgan fingerprint density at radius 3 is 2.50 bits per heavy atom. The van der Waals surface area contributed by atoms with E-state index in [4.69, 9.17) is 5.11 Å². The molecule has 0 aliphatic carbocycles. The highest BCUT2D eigenvalue weighted by molar-refractivity contribution is 5.89. The molecular formula is C11H13FO2. The third-order valence-corrected chi connectivity index (χ3v) is 1.86. The number of aromatic carboxylic acids is 1. The molecule has 0 aliphatic heterocycles. The smallest absolute Gasteiger partial charge is 0.335 e. The lowest BCUT2D eigenvalue weighted by Crippen LogP contribution is -2.17. The quantitative estimate of drug-likeness (QED) is 0.806. The molecule has 3 heteroatoms. The minimum atomic E-state index is -1.38. The molecule has 0 unspecified atom stereocenters. The summed E-state index contributed by atoms with van der Waals surface area (Å²) in [5.74, 6) is -1.01. The zero-order valence-electron chi connectivity index (χ0n) is 8.25. The third-order valence-electron chi connectivity index (χ3n) is 1.86. The van der Waals surface area contributed by atoms with Gasteiger partial charge in [0.25, 0.3) is 0 Å². The van der Waals surface area contributed by atoms with Crippen molar-refractivity contribution in [3.05, 3.63) is 35.4 Å². The fourth-order valence-electron chi connectivity index (χ4n) is 1.34. The van der Waals surface area contributed by atoms with Crippen LogP contribution in [0.15, 0.2) is 24.3 Å². The molecule has 1 aromatic rings. The van der Waals surface area contributed by atoms with E-state index in [0.717, 1.165) is 0 Å². The molecule has 0 saturated carbocycles. The van der Waals surface area contributed by atoms with Crippen molar-refractivity contribution in [3.8, 4) is 0 Å². The first-order valence-corrected chi connectivity index (χ1v) is 4.40. The molecule has 2 nitrogen and oxygen atoms in total. The second-order valence-electron chi connectivity index (χ2n) is 3.86. The molecule has 0 bridgehead atoms. The largest absolute Gasteiger partial charge is 0.478 e. The van der Waals surface area contributed by atoms with Crippen LogP contribution in [0.3, 0.4) is 0 Å². The van der Waals surface area contributed by atoms with E-state index in [-0.39, 0.29) is 12.0 Å². The van der Waals surface area contributed by atoms with Crippen LogP contribution in [-0.4, -0.2) is 16.7 Å². The topological polar surface area (TPSA) is 37.3 Å². The first-order valence-electron chi connectivity index (χ1n) is 4.40. The number of carboxylic acids is 1. The minimum absolute atomic E-state index is 0.121. The Balaban J connectivity index is 3.02. The summed E-state index contributed by atoms with van der Waals surface area (Å²) in [5, 5.41) is 8.84. The molecule has 0 aromatic heterocycles. The SMILES string of the molecule is CC(C)(F)Cc1ccccc1C(=O)O. The average molecular weight is 196 g/mol. The van der Waals surface area contributed by atoms with Gasteiger partial charge in [0, 0.05) is 6.42 Å². The summed E-state index contributed by atoms with van der Waals surface area (Å²) in [6.07, 6.45) is 0.121. The van der Waals surface area contributed by atoms with Crippen molar-refractivity contribution in [2.24, 2.45) is 0 Å². The van der Waals surface area contributed by atoms with E-state index in [1.165, 1.54) is 19.9 Å². The Morgan fingerprint density at radius 1 is 1.43 bits per heavy atom. The molecule has 76 valence electrons. The number of hydrogen-bond acceptors (Lipinski definition) is 1. The van der Waals surface area contributed by atoms with Crippen molar-refractivity contribution in [1.29, 1.82) is 0 Å². The normalized spacial score (nSPS) is 11.4. The van der Waals surface area contributed by atoms with E-state index >= 15 is 0 Å². The van der Waals surface area contributed by atoms with Gasteiger partial charge in [0.1, 0.15) is 5.67 Å². The van der Waals surface area contributed by atoms with Crippen molar-refractivity contribution in [2.45, 2.75) is 25.9 Å². The maximum Gasteiger partial charge on any atom is 0.335 e. The summed E-state index contributed by atoms with van der Waals surface area (Å²) < 4.78 is 13.3. The van der Waals surface area contributed by atoms with Crippen molar-refractivity contribution in [2.75, 3.05) is 0 Å². The lowest BCUT2D eigenvalue weighted by molar-refractivity contribution is 0.0695. The Morgan fingerprint density at radius 2 is 2.00 bits per heavy atom. The summed E-state index contributed by atoms with van der Waals surface area (Å²) in [6.45, 7) is 2.87. The van der Waals surface area contributed by atoms with Crippen LogP contribution in [0.4, 0.5) is 4.39 Å². The maximum atomic E-state index is 13.3. The monoisotopic (exact) mass is 196 g/mol. The van der Waals surface area contributed by atoms with Gasteiger partial charge in [0.05, 0.1) is 5.56 Å². The predicted molar refractivity (Wildman–Crippen MR) is 52.3 cm³/mol. The molecule has 0 amide bonds. The minimum Gasteiger partial charge on any atom is -0.478 e. The summed E-state index contributed by atoms with van der Waals surface area (Å²) in [5.41, 5.74) is -0.670. The van der Waals surface area contributed by atoms with E-state index in [1.54, 1.807) is 18.2 Å². The highest BCUT2D eigenvalue weighted by Crippen LogP contribution is 2.19. The molecule has 0 radical (unpaired) electrons. The van der Waals surface area contributed by atoms with Crippen LogP contribution < -0.4 is 0 Å². The van der Waals surface area contributed by atoms with Gasteiger partial charge in [-0.2, -0.15) is 0 Å². The highest BCUT2D eigenvalue weighted by Gasteiger charge is 2.19. The van der Waals surface area contributed by atoms with Gasteiger partial charge in [-0.15, -0.1) is 0 Å². The van der Waals surface area contributed by atoms with Crippen LogP contribution >= 0.6 is 0 Å². The van der Waals surface area contributed by atoms with Crippen LogP contribution in [0, 0.1) is 0 Å². The molecule has 0 aliphatic rings. The van der Waals surface area contributed by atoms with Gasteiger partial charge in [0.15, 0.2) is 0 Å². The Hall–Kier alpha value is -1.38. The lowest BCUT2D eigenvalue weighted by Gasteiger charge is -2.15. The second kappa shape index (κ2) is 3.78. The molecular weight excluding hydrogens is 183 g/mol. The lowest BCUT2D eigenvalue weighted by atomic mass is 9.96. The molecule has 0 fully saturated rings. The molecule has 0 atom stereocenters. The molecule has 0 heterocycles. The van der Waals surface area contributed by atoms with E-state index < -0.39 is 11.6 Å². The van der Waals surface area contributed by atoms with Crippen molar-refractivity contribution >= 4 is 5.97 Å². The average Bonchev–Trinajstić information content (AvgIpc) is 2.01. The van der Waals surface area contributed by atoms with E-state index in [0.29, 0.717) is 5.56 Å². The van der Waals surface area contributed by atoms with Gasteiger partial charge in [-0.1, -0.05) is 18.2 Å². The van der Waals surface area contributed by atoms with Gasteiger partial charge < -0.3 is 5.11 Å². The van der Waals surface area contributed by atoms with Gasteiger partial charge in [-0.3, -0.25) is 0 Å². The van der Waals surface area contributed by atoms with Gasteiger partial charge in [-0.25, -0.2) is 9.18 Å². The molecule has 0 saturated heterocycles. The van der Waals surface area contributed by atoms with Crippen LogP contribution in [0.25, 0.3) is 0 Å². The molecule has 0 spiro atoms. The number of carboxylic acid groups (broad SMARTS) is 1. The standard InChI is InChI=1S/C11H13FO2/c1-11(2,12)7-8-5-3-4-6-9(8)10(13)14/h3-6H,7H2,1-2H3,(H,13,14). The molecule has 1 rings (SSSR count). The van der Waals surface area contributed by atoms with Gasteiger partial charge >= 0.3 is 5.97 Å². The van der Waals surface area contributed by atoms with Crippen molar-refractivity contribution in [3.63, 3.8) is 0 Å². The van der Waals surface area contributed by atoms with E-state index in [9.17, 15) is 9.18 Å². The van der Waals surface area contributed by atoms with Crippen LogP contribution in [0.2, 0.25) is 0 Å². The summed E-state index contributed by atoms with van der Waals surface area (Å²) in [7, 11) is 0. The van der Waals surface area contributed by atoms with Crippen LogP contribution in [0.1, 0.15) is 29.8 Å². The van der Waals surface area contributed by atoms with Gasteiger partial charge in [-0.05, 0) is 25.5 Å². The van der Waals surface area contributed by atoms with Crippen LogP contribution in [-0.2, 0) is 6.42 Å². The van der Waals surface area contributed by atoms with Gasteiger partial charge in [0.2, 0.25) is 0 Å². The first kappa shape index (κ1) is 10.7. The van der Waals surface area contributed by atoms with Crippen molar-refractivity contribution in [1.82, 2.24) is 0 Å². The molecule has 1 N–H and O–H groups in total. The predicted octanol–water partition coefficient (Wildman–Crippen LogP) is 2.68. The number of carbonyl (C=O) groups is 1. The first-order chi connectivity index (χ1) is 6.40. The second-order valence-corrected chi connectivity index (χ2v) is 3.86.